The van der Waals surface area contributed by atoms with Crippen molar-refractivity contribution in [2.24, 2.45) is 5.92 Å². The second-order valence-corrected chi connectivity index (χ2v) is 4.00. The fourth-order valence-electron chi connectivity index (χ4n) is 1.81. The number of hydrogen-bond acceptors (Lipinski definition) is 3. The average Bonchev–Trinajstić information content (AvgIpc) is 2.84. The second kappa shape index (κ2) is 4.49. The number of rotatable bonds is 3. The molecule has 0 saturated carbocycles. The minimum absolute atomic E-state index is 0.107. The van der Waals surface area contributed by atoms with Crippen LogP contribution in [0.15, 0.2) is 16.7 Å². The maximum absolute atomic E-state index is 11.7. The fourth-order valence-corrected chi connectivity index (χ4v) is 1.81. The van der Waals surface area contributed by atoms with Gasteiger partial charge in [-0.2, -0.15) is 0 Å². The van der Waals surface area contributed by atoms with Gasteiger partial charge in [0, 0.05) is 12.1 Å². The van der Waals surface area contributed by atoms with Crippen LogP contribution >= 0.6 is 0 Å². The first kappa shape index (κ1) is 10.2. The van der Waals surface area contributed by atoms with E-state index in [0.29, 0.717) is 11.7 Å². The van der Waals surface area contributed by atoms with Gasteiger partial charge >= 0.3 is 0 Å². The molecule has 1 atom stereocenters. The number of nitrogens with one attached hydrogen (secondary N) is 2. The molecule has 1 aliphatic rings. The maximum atomic E-state index is 11.7. The van der Waals surface area contributed by atoms with Crippen LogP contribution in [-0.4, -0.2) is 25.5 Å². The van der Waals surface area contributed by atoms with Gasteiger partial charge in [-0.25, -0.2) is 0 Å². The molecule has 1 aromatic heterocycles. The minimum Gasteiger partial charge on any atom is -0.459 e. The molecule has 0 bridgehead atoms. The molecule has 15 heavy (non-hydrogen) atoms. The zero-order valence-electron chi connectivity index (χ0n) is 8.88. The summed E-state index contributed by atoms with van der Waals surface area (Å²) in [6.45, 7) is 4.65. The number of carbonyl (C=O) groups excluding carboxylic acids is 1. The maximum Gasteiger partial charge on any atom is 0.287 e. The van der Waals surface area contributed by atoms with Crippen molar-refractivity contribution in [3.8, 4) is 0 Å². The van der Waals surface area contributed by atoms with Gasteiger partial charge in [0.2, 0.25) is 0 Å². The van der Waals surface area contributed by atoms with Crippen molar-refractivity contribution in [3.63, 3.8) is 0 Å². The van der Waals surface area contributed by atoms with Crippen molar-refractivity contribution in [2.75, 3.05) is 19.6 Å². The highest BCUT2D eigenvalue weighted by Gasteiger charge is 2.17. The second-order valence-electron chi connectivity index (χ2n) is 4.00. The van der Waals surface area contributed by atoms with Gasteiger partial charge in [0.25, 0.3) is 5.91 Å². The molecule has 4 heteroatoms. The van der Waals surface area contributed by atoms with Crippen LogP contribution in [0.3, 0.4) is 0 Å². The first-order chi connectivity index (χ1) is 7.27. The van der Waals surface area contributed by atoms with E-state index < -0.39 is 0 Å². The van der Waals surface area contributed by atoms with Crippen LogP contribution in [0.2, 0.25) is 0 Å². The molecule has 2 heterocycles. The number of amides is 1. The van der Waals surface area contributed by atoms with Gasteiger partial charge in [-0.15, -0.1) is 0 Å². The summed E-state index contributed by atoms with van der Waals surface area (Å²) in [6, 6.07) is 1.80. The monoisotopic (exact) mass is 208 g/mol. The Balaban J connectivity index is 1.84. The molecular formula is C11H16N2O2. The molecule has 2 rings (SSSR count). The highest BCUT2D eigenvalue weighted by molar-refractivity contribution is 5.92. The molecule has 1 aliphatic heterocycles. The van der Waals surface area contributed by atoms with Crippen molar-refractivity contribution in [1.82, 2.24) is 10.6 Å². The lowest BCUT2D eigenvalue weighted by Gasteiger charge is -2.08. The Kier molecular flexibility index (Phi) is 3.06. The summed E-state index contributed by atoms with van der Waals surface area (Å²) in [5, 5.41) is 6.16. The van der Waals surface area contributed by atoms with Crippen LogP contribution in [0.4, 0.5) is 0 Å². The summed E-state index contributed by atoms with van der Waals surface area (Å²) in [4.78, 5) is 11.7. The highest BCUT2D eigenvalue weighted by Crippen LogP contribution is 2.09. The standard InChI is InChI=1S/C11H16N2O2/c1-8-3-5-15-10(8)11(14)13-7-9-2-4-12-6-9/h3,5,9,12H,2,4,6-7H2,1H3,(H,13,14). The molecule has 0 aliphatic carbocycles. The van der Waals surface area contributed by atoms with Crippen LogP contribution in [0.5, 0.6) is 0 Å². The fraction of sp³-hybridized carbons (Fsp3) is 0.545. The van der Waals surface area contributed by atoms with E-state index >= 15 is 0 Å². The molecule has 1 saturated heterocycles. The minimum atomic E-state index is -0.107. The van der Waals surface area contributed by atoms with Crippen LogP contribution in [0, 0.1) is 12.8 Å². The van der Waals surface area contributed by atoms with Crippen molar-refractivity contribution in [2.45, 2.75) is 13.3 Å². The predicted molar refractivity (Wildman–Crippen MR) is 56.8 cm³/mol. The Bertz CT molecular complexity index is 340. The highest BCUT2D eigenvalue weighted by atomic mass is 16.3. The zero-order chi connectivity index (χ0) is 10.7. The van der Waals surface area contributed by atoms with Crippen LogP contribution < -0.4 is 10.6 Å². The number of furan rings is 1. The largest absolute Gasteiger partial charge is 0.459 e. The van der Waals surface area contributed by atoms with Crippen LogP contribution in [0.1, 0.15) is 22.5 Å². The van der Waals surface area contributed by atoms with Gasteiger partial charge in [0.15, 0.2) is 5.76 Å². The molecular weight excluding hydrogens is 192 g/mol. The van der Waals surface area contributed by atoms with E-state index in [2.05, 4.69) is 10.6 Å². The van der Waals surface area contributed by atoms with E-state index in [1.807, 2.05) is 6.92 Å². The summed E-state index contributed by atoms with van der Waals surface area (Å²) in [5.74, 6) is 0.884. The molecule has 1 amide bonds. The van der Waals surface area contributed by atoms with E-state index in [1.54, 1.807) is 12.3 Å². The molecule has 0 aromatic carbocycles. The molecule has 82 valence electrons. The van der Waals surface area contributed by atoms with E-state index in [0.717, 1.165) is 31.6 Å². The van der Waals surface area contributed by atoms with E-state index in [-0.39, 0.29) is 5.91 Å². The number of hydrogen-bond donors (Lipinski definition) is 2. The third-order valence-corrected chi connectivity index (χ3v) is 2.78. The molecule has 4 nitrogen and oxygen atoms in total. The van der Waals surface area contributed by atoms with Crippen molar-refractivity contribution >= 4 is 5.91 Å². The number of carbonyl (C=O) groups is 1. The first-order valence-electron chi connectivity index (χ1n) is 5.30. The predicted octanol–water partition coefficient (Wildman–Crippen LogP) is 0.927. The number of aryl methyl sites for hydroxylation is 1. The molecule has 1 aromatic rings. The third-order valence-electron chi connectivity index (χ3n) is 2.78. The molecule has 2 N–H and O–H groups in total. The van der Waals surface area contributed by atoms with Gasteiger partial charge in [0.05, 0.1) is 6.26 Å². The zero-order valence-corrected chi connectivity index (χ0v) is 8.88. The van der Waals surface area contributed by atoms with E-state index in [4.69, 9.17) is 4.42 Å². The van der Waals surface area contributed by atoms with Crippen LogP contribution in [-0.2, 0) is 0 Å². The van der Waals surface area contributed by atoms with Crippen LogP contribution in [0.25, 0.3) is 0 Å². The Morgan fingerprint density at radius 2 is 2.60 bits per heavy atom. The normalized spacial score (nSPS) is 20.5. The Morgan fingerprint density at radius 3 is 3.20 bits per heavy atom. The molecule has 1 unspecified atom stereocenters. The summed E-state index contributed by atoms with van der Waals surface area (Å²) in [7, 11) is 0. The summed E-state index contributed by atoms with van der Waals surface area (Å²) in [5.41, 5.74) is 0.886. The van der Waals surface area contributed by atoms with E-state index in [1.165, 1.54) is 0 Å². The molecule has 0 radical (unpaired) electrons. The summed E-state index contributed by atoms with van der Waals surface area (Å²) >= 11 is 0. The Labute approximate surface area is 89.0 Å². The van der Waals surface area contributed by atoms with Crippen molar-refractivity contribution in [3.05, 3.63) is 23.7 Å². The van der Waals surface area contributed by atoms with Crippen molar-refractivity contribution < 1.29 is 9.21 Å². The van der Waals surface area contributed by atoms with Gasteiger partial charge in [-0.3, -0.25) is 4.79 Å². The topological polar surface area (TPSA) is 54.3 Å². The first-order valence-corrected chi connectivity index (χ1v) is 5.30. The molecule has 0 spiro atoms. The average molecular weight is 208 g/mol. The SMILES string of the molecule is Cc1ccoc1C(=O)NCC1CCNC1. The lowest BCUT2D eigenvalue weighted by atomic mass is 10.1. The summed E-state index contributed by atoms with van der Waals surface area (Å²) < 4.78 is 5.11. The summed E-state index contributed by atoms with van der Waals surface area (Å²) in [6.07, 6.45) is 2.68. The van der Waals surface area contributed by atoms with Crippen molar-refractivity contribution in [1.29, 1.82) is 0 Å². The van der Waals surface area contributed by atoms with E-state index in [9.17, 15) is 4.79 Å². The molecule has 1 fully saturated rings. The van der Waals surface area contributed by atoms with Gasteiger partial charge < -0.3 is 15.1 Å². The Morgan fingerprint density at radius 1 is 1.73 bits per heavy atom. The quantitative estimate of drug-likeness (QED) is 0.777. The van der Waals surface area contributed by atoms with Gasteiger partial charge in [-0.05, 0) is 38.4 Å². The lowest BCUT2D eigenvalue weighted by Crippen LogP contribution is -2.30. The Hall–Kier alpha value is -1.29. The lowest BCUT2D eigenvalue weighted by molar-refractivity contribution is 0.0919. The van der Waals surface area contributed by atoms with Gasteiger partial charge in [-0.1, -0.05) is 0 Å². The smallest absolute Gasteiger partial charge is 0.287 e. The third kappa shape index (κ3) is 2.39. The van der Waals surface area contributed by atoms with Gasteiger partial charge in [0.1, 0.15) is 0 Å².